The maximum Gasteiger partial charge on any atom is 0.193 e. The topological polar surface area (TPSA) is 54.0 Å². The van der Waals surface area contributed by atoms with Crippen molar-refractivity contribution in [3.05, 3.63) is 102 Å². The fraction of sp³-hybridized carbons (Fsp3) is 0.222. The summed E-state index contributed by atoms with van der Waals surface area (Å²) in [6.45, 7) is 5.44. The van der Waals surface area contributed by atoms with Crippen LogP contribution in [0, 0.1) is 0 Å². The van der Waals surface area contributed by atoms with E-state index in [-0.39, 0.29) is 5.78 Å². The van der Waals surface area contributed by atoms with Gasteiger partial charge in [0.15, 0.2) is 17.3 Å². The van der Waals surface area contributed by atoms with Crippen molar-refractivity contribution in [2.45, 2.75) is 6.42 Å². The first-order valence-electron chi connectivity index (χ1n) is 10.5. The van der Waals surface area contributed by atoms with Crippen molar-refractivity contribution in [1.29, 1.82) is 0 Å². The number of methoxy groups -OCH3 is 1. The molecule has 0 aromatic heterocycles. The number of carbonyl (C=O) groups is 1. The number of hydrogen-bond donors (Lipinski definition) is 0. The second kappa shape index (κ2) is 12.3. The number of carbonyl (C=O) groups excluding carboxylic acids is 1. The summed E-state index contributed by atoms with van der Waals surface area (Å²) in [4.78, 5) is 12.4. The molecule has 0 spiro atoms. The second-order valence-electron chi connectivity index (χ2n) is 7.01. The van der Waals surface area contributed by atoms with Crippen LogP contribution in [0.15, 0.2) is 85.5 Å². The lowest BCUT2D eigenvalue weighted by atomic mass is 10.0. The molecule has 3 rings (SSSR count). The maximum absolute atomic E-state index is 12.4. The number of ether oxygens (including phenoxy) is 4. The summed E-state index contributed by atoms with van der Waals surface area (Å²) in [7, 11) is 1.62. The molecule has 0 N–H and O–H groups in total. The molecular weight excluding hydrogens is 404 g/mol. The highest BCUT2D eigenvalue weighted by Crippen LogP contribution is 2.28. The minimum Gasteiger partial charge on any atom is -0.493 e. The Morgan fingerprint density at radius 1 is 0.812 bits per heavy atom. The number of ketones is 1. The van der Waals surface area contributed by atoms with E-state index in [1.54, 1.807) is 31.4 Å². The molecular formula is C27H28O5. The Morgan fingerprint density at radius 3 is 2.19 bits per heavy atom. The molecule has 0 aliphatic rings. The van der Waals surface area contributed by atoms with Gasteiger partial charge in [-0.25, -0.2) is 0 Å². The Morgan fingerprint density at radius 2 is 1.50 bits per heavy atom. The van der Waals surface area contributed by atoms with Crippen LogP contribution < -0.4 is 14.2 Å². The molecule has 0 saturated heterocycles. The Hall–Kier alpha value is -3.57. The molecule has 0 heterocycles. The van der Waals surface area contributed by atoms with Crippen molar-refractivity contribution in [2.24, 2.45) is 0 Å². The highest BCUT2D eigenvalue weighted by Gasteiger charge is 2.08. The minimum atomic E-state index is -0.00698. The molecule has 0 radical (unpaired) electrons. The molecule has 0 fully saturated rings. The molecule has 32 heavy (non-hydrogen) atoms. The summed E-state index contributed by atoms with van der Waals surface area (Å²) >= 11 is 0. The van der Waals surface area contributed by atoms with Crippen LogP contribution in [-0.4, -0.2) is 39.3 Å². The van der Waals surface area contributed by atoms with E-state index in [1.165, 1.54) is 0 Å². The first kappa shape index (κ1) is 23.1. The third-order valence-electron chi connectivity index (χ3n) is 4.74. The molecule has 0 unspecified atom stereocenters. The zero-order valence-electron chi connectivity index (χ0n) is 18.3. The predicted octanol–water partition coefficient (Wildman–Crippen LogP) is 5.13. The molecule has 5 heteroatoms. The Labute approximate surface area is 189 Å². The average Bonchev–Trinajstić information content (AvgIpc) is 2.84. The van der Waals surface area contributed by atoms with Gasteiger partial charge in [-0.15, -0.1) is 6.58 Å². The number of rotatable bonds is 13. The van der Waals surface area contributed by atoms with Gasteiger partial charge in [-0.1, -0.05) is 42.5 Å². The molecule has 0 atom stereocenters. The molecule has 0 saturated carbocycles. The molecule has 3 aromatic carbocycles. The Bertz CT molecular complexity index is 996. The van der Waals surface area contributed by atoms with Crippen molar-refractivity contribution < 1.29 is 23.7 Å². The van der Waals surface area contributed by atoms with Gasteiger partial charge in [0.2, 0.25) is 0 Å². The third-order valence-corrected chi connectivity index (χ3v) is 4.74. The standard InChI is InChI=1S/C27H28O5/c1-3-7-21-10-15-25(26(20-21)29-2)32-19-17-30-16-18-31-24-13-11-23(12-14-24)27(28)22-8-5-4-6-9-22/h3-6,8-15,20H,1,7,16-19H2,2H3. The smallest absolute Gasteiger partial charge is 0.193 e. The number of benzene rings is 3. The number of allylic oxidation sites excluding steroid dienone is 1. The van der Waals surface area contributed by atoms with Crippen LogP contribution in [0.4, 0.5) is 0 Å². The molecule has 0 amide bonds. The molecule has 5 nitrogen and oxygen atoms in total. The van der Waals surface area contributed by atoms with Crippen LogP contribution in [0.3, 0.4) is 0 Å². The minimum absolute atomic E-state index is 0.00698. The Kier molecular flexibility index (Phi) is 8.90. The van der Waals surface area contributed by atoms with E-state index in [0.29, 0.717) is 54.8 Å². The quantitative estimate of drug-likeness (QED) is 0.213. The van der Waals surface area contributed by atoms with Crippen molar-refractivity contribution >= 4 is 5.78 Å². The zero-order valence-corrected chi connectivity index (χ0v) is 18.3. The van der Waals surface area contributed by atoms with Crippen LogP contribution in [0.25, 0.3) is 0 Å². The lowest BCUT2D eigenvalue weighted by molar-refractivity contribution is 0.0757. The predicted molar refractivity (Wildman–Crippen MR) is 125 cm³/mol. The molecule has 166 valence electrons. The fourth-order valence-electron chi connectivity index (χ4n) is 3.11. The highest BCUT2D eigenvalue weighted by atomic mass is 16.6. The lowest BCUT2D eigenvalue weighted by Gasteiger charge is -2.12. The highest BCUT2D eigenvalue weighted by molar-refractivity contribution is 6.08. The van der Waals surface area contributed by atoms with Crippen LogP contribution in [0.1, 0.15) is 21.5 Å². The lowest BCUT2D eigenvalue weighted by Crippen LogP contribution is -2.12. The van der Waals surface area contributed by atoms with E-state index < -0.39 is 0 Å². The second-order valence-corrected chi connectivity index (χ2v) is 7.01. The van der Waals surface area contributed by atoms with Crippen molar-refractivity contribution in [2.75, 3.05) is 33.5 Å². The SMILES string of the molecule is C=CCc1ccc(OCCOCCOc2ccc(C(=O)c3ccccc3)cc2)c(OC)c1. The van der Waals surface area contributed by atoms with Gasteiger partial charge in [0.1, 0.15) is 19.0 Å². The van der Waals surface area contributed by atoms with E-state index in [1.807, 2.05) is 54.6 Å². The first-order chi connectivity index (χ1) is 15.7. The van der Waals surface area contributed by atoms with Gasteiger partial charge in [-0.05, 0) is 48.4 Å². The van der Waals surface area contributed by atoms with E-state index >= 15 is 0 Å². The zero-order chi connectivity index (χ0) is 22.6. The Balaban J connectivity index is 1.35. The van der Waals surface area contributed by atoms with Crippen LogP contribution in [0.2, 0.25) is 0 Å². The summed E-state index contributed by atoms with van der Waals surface area (Å²) in [5, 5.41) is 0. The van der Waals surface area contributed by atoms with Gasteiger partial charge in [0.25, 0.3) is 0 Å². The molecule has 0 aliphatic heterocycles. The van der Waals surface area contributed by atoms with Crippen molar-refractivity contribution in [3.8, 4) is 17.2 Å². The summed E-state index contributed by atoms with van der Waals surface area (Å²) in [5.74, 6) is 2.07. The van der Waals surface area contributed by atoms with Crippen molar-refractivity contribution in [3.63, 3.8) is 0 Å². The van der Waals surface area contributed by atoms with E-state index in [0.717, 1.165) is 12.0 Å². The van der Waals surface area contributed by atoms with Gasteiger partial charge in [0, 0.05) is 11.1 Å². The summed E-state index contributed by atoms with van der Waals surface area (Å²) in [5.41, 5.74) is 2.42. The van der Waals surface area contributed by atoms with Crippen LogP contribution >= 0.6 is 0 Å². The average molecular weight is 433 g/mol. The first-order valence-corrected chi connectivity index (χ1v) is 10.5. The monoisotopic (exact) mass is 432 g/mol. The van der Waals surface area contributed by atoms with Crippen LogP contribution in [-0.2, 0) is 11.2 Å². The number of hydrogen-bond acceptors (Lipinski definition) is 5. The fourth-order valence-corrected chi connectivity index (χ4v) is 3.11. The molecule has 3 aromatic rings. The van der Waals surface area contributed by atoms with Gasteiger partial charge in [0.05, 0.1) is 20.3 Å². The third kappa shape index (κ3) is 6.72. The largest absolute Gasteiger partial charge is 0.493 e. The van der Waals surface area contributed by atoms with Crippen LogP contribution in [0.5, 0.6) is 17.2 Å². The summed E-state index contributed by atoms with van der Waals surface area (Å²) in [6, 6.07) is 22.2. The van der Waals surface area contributed by atoms with Gasteiger partial charge in [-0.3, -0.25) is 4.79 Å². The van der Waals surface area contributed by atoms with E-state index in [9.17, 15) is 4.79 Å². The summed E-state index contributed by atoms with van der Waals surface area (Å²) in [6.07, 6.45) is 2.63. The van der Waals surface area contributed by atoms with Gasteiger partial charge in [-0.2, -0.15) is 0 Å². The normalized spacial score (nSPS) is 10.4. The molecule has 0 bridgehead atoms. The van der Waals surface area contributed by atoms with Crippen molar-refractivity contribution in [1.82, 2.24) is 0 Å². The summed E-state index contributed by atoms with van der Waals surface area (Å²) < 4.78 is 22.4. The maximum atomic E-state index is 12.4. The van der Waals surface area contributed by atoms with E-state index in [2.05, 4.69) is 6.58 Å². The van der Waals surface area contributed by atoms with Gasteiger partial charge < -0.3 is 18.9 Å². The van der Waals surface area contributed by atoms with Gasteiger partial charge >= 0.3 is 0 Å². The molecule has 0 aliphatic carbocycles. The van der Waals surface area contributed by atoms with E-state index in [4.69, 9.17) is 18.9 Å².